The van der Waals surface area contributed by atoms with Crippen LogP contribution in [0, 0.1) is 5.92 Å². The van der Waals surface area contributed by atoms with Crippen LogP contribution < -0.4 is 10.4 Å². The Morgan fingerprint density at radius 1 is 1.32 bits per heavy atom. The van der Waals surface area contributed by atoms with Gasteiger partial charge in [-0.25, -0.2) is 4.79 Å². The van der Waals surface area contributed by atoms with Crippen molar-refractivity contribution in [3.8, 4) is 11.9 Å². The minimum atomic E-state index is -0.750. The molecule has 0 amide bonds. The predicted octanol–water partition coefficient (Wildman–Crippen LogP) is 1.19. The van der Waals surface area contributed by atoms with Crippen LogP contribution in [0.1, 0.15) is 39.0 Å². The summed E-state index contributed by atoms with van der Waals surface area (Å²) >= 11 is 0. The third-order valence-corrected chi connectivity index (χ3v) is 5.02. The number of imidazole rings is 1. The third-order valence-electron chi connectivity index (χ3n) is 5.02. The van der Waals surface area contributed by atoms with Crippen LogP contribution in [0.15, 0.2) is 4.79 Å². The van der Waals surface area contributed by atoms with Gasteiger partial charge >= 0.3 is 17.7 Å². The van der Waals surface area contributed by atoms with Gasteiger partial charge in [0, 0.05) is 13.1 Å². The lowest BCUT2D eigenvalue weighted by atomic mass is 9.98. The molecule has 1 aliphatic heterocycles. The zero-order valence-electron chi connectivity index (χ0n) is 16.1. The summed E-state index contributed by atoms with van der Waals surface area (Å²) in [5.74, 6) is -1.38. The molecule has 2 aromatic rings. The number of piperidine rings is 1. The highest BCUT2D eigenvalue weighted by Crippen LogP contribution is 2.21. The van der Waals surface area contributed by atoms with Gasteiger partial charge in [-0.3, -0.25) is 14.3 Å². The van der Waals surface area contributed by atoms with Gasteiger partial charge in [-0.1, -0.05) is 13.3 Å². The molecule has 1 aliphatic rings. The number of likely N-dealkylation sites (tertiary alicyclic amines) is 1. The normalized spacial score (nSPS) is 17.8. The molecule has 3 N–H and O–H groups in total. The Morgan fingerprint density at radius 2 is 2.14 bits per heavy atom. The third kappa shape index (κ3) is 4.61. The fourth-order valence-corrected chi connectivity index (χ4v) is 3.49. The number of aryl methyl sites for hydroxylation is 1. The highest BCUT2D eigenvalue weighted by Gasteiger charge is 2.25. The van der Waals surface area contributed by atoms with Gasteiger partial charge in [-0.2, -0.15) is 9.97 Å². The van der Waals surface area contributed by atoms with Crippen molar-refractivity contribution in [3.05, 3.63) is 10.5 Å². The average Bonchev–Trinajstić information content (AvgIpc) is 2.99. The zero-order chi connectivity index (χ0) is 20.1. The molecule has 0 radical (unpaired) electrons. The minimum Gasteiger partial charge on any atom is -0.492 e. The van der Waals surface area contributed by atoms with Gasteiger partial charge in [0.1, 0.15) is 5.52 Å². The summed E-state index contributed by atoms with van der Waals surface area (Å²) in [6.07, 6.45) is 4.04. The second kappa shape index (κ2) is 9.05. The van der Waals surface area contributed by atoms with E-state index in [-0.39, 0.29) is 29.0 Å². The Balaban J connectivity index is 1.67. The van der Waals surface area contributed by atoms with E-state index in [4.69, 9.17) is 4.74 Å². The molecule has 1 atom stereocenters. The maximum absolute atomic E-state index is 12.3. The summed E-state index contributed by atoms with van der Waals surface area (Å²) in [7, 11) is 0. The van der Waals surface area contributed by atoms with Crippen LogP contribution in [-0.2, 0) is 11.3 Å². The number of fused-ring (bicyclic) bond motifs is 1. The van der Waals surface area contributed by atoms with Gasteiger partial charge in [-0.05, 0) is 38.8 Å². The molecule has 2 aromatic heterocycles. The van der Waals surface area contributed by atoms with E-state index in [2.05, 4.69) is 19.9 Å². The fraction of sp³-hybridized carbons (Fsp3) is 0.667. The quantitative estimate of drug-likeness (QED) is 0.541. The molecule has 10 nitrogen and oxygen atoms in total. The van der Waals surface area contributed by atoms with E-state index < -0.39 is 5.97 Å². The molecule has 0 bridgehead atoms. The van der Waals surface area contributed by atoms with E-state index in [9.17, 15) is 19.8 Å². The number of rotatable bonds is 9. The first-order valence-electron chi connectivity index (χ1n) is 9.77. The predicted molar refractivity (Wildman–Crippen MR) is 102 cm³/mol. The SMILES string of the molecule is CCCCOc1nc(O)c2[nH]c(=O)n(CCCN3CCCC(C(=O)O)C3)c2n1. The number of H-pyrrole nitrogens is 1. The summed E-state index contributed by atoms with van der Waals surface area (Å²) in [5, 5.41) is 19.3. The monoisotopic (exact) mass is 393 g/mol. The molecule has 1 fully saturated rings. The molecule has 1 saturated heterocycles. The van der Waals surface area contributed by atoms with Gasteiger partial charge in [0.25, 0.3) is 0 Å². The lowest BCUT2D eigenvalue weighted by molar-refractivity contribution is -0.143. The number of carbonyl (C=O) groups is 1. The summed E-state index contributed by atoms with van der Waals surface area (Å²) in [4.78, 5) is 36.3. The lowest BCUT2D eigenvalue weighted by Gasteiger charge is -2.30. The molecule has 1 unspecified atom stereocenters. The molecule has 3 rings (SSSR count). The van der Waals surface area contributed by atoms with Crippen LogP contribution in [0.4, 0.5) is 0 Å². The summed E-state index contributed by atoms with van der Waals surface area (Å²) in [6, 6.07) is 0.0477. The van der Waals surface area contributed by atoms with Crippen molar-refractivity contribution in [2.45, 2.75) is 45.6 Å². The first-order valence-corrected chi connectivity index (χ1v) is 9.77. The van der Waals surface area contributed by atoms with Crippen molar-refractivity contribution in [2.24, 2.45) is 5.92 Å². The summed E-state index contributed by atoms with van der Waals surface area (Å²) in [6.45, 7) is 4.98. The van der Waals surface area contributed by atoms with Crippen molar-refractivity contribution in [1.29, 1.82) is 0 Å². The number of hydrogen-bond acceptors (Lipinski definition) is 7. The van der Waals surface area contributed by atoms with Gasteiger partial charge < -0.3 is 19.8 Å². The van der Waals surface area contributed by atoms with Crippen molar-refractivity contribution >= 4 is 17.1 Å². The number of ether oxygens (including phenoxy) is 1. The zero-order valence-corrected chi connectivity index (χ0v) is 16.1. The second-order valence-electron chi connectivity index (χ2n) is 7.14. The van der Waals surface area contributed by atoms with Crippen molar-refractivity contribution in [2.75, 3.05) is 26.2 Å². The highest BCUT2D eigenvalue weighted by atomic mass is 16.5. The molecule has 3 heterocycles. The van der Waals surface area contributed by atoms with Gasteiger partial charge in [0.15, 0.2) is 5.65 Å². The highest BCUT2D eigenvalue weighted by molar-refractivity contribution is 5.76. The first-order chi connectivity index (χ1) is 13.5. The van der Waals surface area contributed by atoms with E-state index in [1.165, 1.54) is 4.57 Å². The fourth-order valence-electron chi connectivity index (χ4n) is 3.49. The van der Waals surface area contributed by atoms with Crippen LogP contribution >= 0.6 is 0 Å². The van der Waals surface area contributed by atoms with Gasteiger partial charge in [0.2, 0.25) is 5.88 Å². The van der Waals surface area contributed by atoms with E-state index in [1.54, 1.807) is 0 Å². The van der Waals surface area contributed by atoms with Crippen molar-refractivity contribution < 1.29 is 19.7 Å². The Bertz CT molecular complexity index is 877. The number of aromatic hydroxyl groups is 1. The van der Waals surface area contributed by atoms with Crippen molar-refractivity contribution in [1.82, 2.24) is 24.4 Å². The summed E-state index contributed by atoms with van der Waals surface area (Å²) in [5.41, 5.74) is 0.134. The Hall–Kier alpha value is -2.62. The molecular weight excluding hydrogens is 366 g/mol. The topological polar surface area (TPSA) is 134 Å². The number of carboxylic acids is 1. The van der Waals surface area contributed by atoms with Gasteiger partial charge in [0.05, 0.1) is 12.5 Å². The van der Waals surface area contributed by atoms with Crippen LogP contribution in [0.5, 0.6) is 11.9 Å². The Labute approximate surface area is 162 Å². The maximum atomic E-state index is 12.3. The molecule has 0 spiro atoms. The van der Waals surface area contributed by atoms with Crippen molar-refractivity contribution in [3.63, 3.8) is 0 Å². The number of nitrogens with zero attached hydrogens (tertiary/aromatic N) is 4. The second-order valence-corrected chi connectivity index (χ2v) is 7.14. The van der Waals surface area contributed by atoms with Crippen LogP contribution in [-0.4, -0.2) is 66.8 Å². The number of unbranched alkanes of at least 4 members (excludes halogenated alkanes) is 1. The Kier molecular flexibility index (Phi) is 6.50. The number of aromatic nitrogens is 4. The number of carboxylic acid groups (broad SMARTS) is 1. The van der Waals surface area contributed by atoms with Crippen LogP contribution in [0.2, 0.25) is 0 Å². The van der Waals surface area contributed by atoms with E-state index in [1.807, 2.05) is 6.92 Å². The lowest BCUT2D eigenvalue weighted by Crippen LogP contribution is -2.39. The maximum Gasteiger partial charge on any atom is 0.327 e. The minimum absolute atomic E-state index is 0.0477. The molecule has 28 heavy (non-hydrogen) atoms. The summed E-state index contributed by atoms with van der Waals surface area (Å²) < 4.78 is 6.92. The molecule has 0 aromatic carbocycles. The smallest absolute Gasteiger partial charge is 0.327 e. The van der Waals surface area contributed by atoms with E-state index in [0.29, 0.717) is 44.7 Å². The molecule has 0 aliphatic carbocycles. The first kappa shape index (κ1) is 20.1. The number of aliphatic carboxylic acids is 1. The van der Waals surface area contributed by atoms with Gasteiger partial charge in [-0.15, -0.1) is 0 Å². The number of aromatic amines is 1. The van der Waals surface area contributed by atoms with E-state index in [0.717, 1.165) is 25.8 Å². The Morgan fingerprint density at radius 3 is 2.89 bits per heavy atom. The molecule has 0 saturated carbocycles. The molecular formula is C18H27N5O5. The molecule has 154 valence electrons. The van der Waals surface area contributed by atoms with E-state index >= 15 is 0 Å². The largest absolute Gasteiger partial charge is 0.492 e. The molecule has 10 heteroatoms. The number of hydrogen-bond donors (Lipinski definition) is 3. The standard InChI is InChI=1S/C18H27N5O5/c1-2-3-10-28-17-20-14-13(15(24)21-17)19-18(27)23(14)9-5-8-22-7-4-6-12(11-22)16(25)26/h12H,2-11H2,1H3,(H,19,27)(H,25,26)(H,20,21,24). The number of nitrogens with one attached hydrogen (secondary N) is 1. The van der Waals surface area contributed by atoms with Crippen LogP contribution in [0.3, 0.4) is 0 Å². The van der Waals surface area contributed by atoms with Crippen LogP contribution in [0.25, 0.3) is 11.2 Å². The average molecular weight is 393 g/mol.